The van der Waals surface area contributed by atoms with Gasteiger partial charge in [-0.2, -0.15) is 0 Å². The van der Waals surface area contributed by atoms with Crippen LogP contribution in [0.2, 0.25) is 0 Å². The van der Waals surface area contributed by atoms with E-state index in [1.165, 1.54) is 0 Å². The predicted octanol–water partition coefficient (Wildman–Crippen LogP) is 1.76. The van der Waals surface area contributed by atoms with Crippen LogP contribution < -0.4 is 15.2 Å². The maximum atomic E-state index is 6.13. The van der Waals surface area contributed by atoms with Crippen molar-refractivity contribution in [1.82, 2.24) is 0 Å². The van der Waals surface area contributed by atoms with Gasteiger partial charge in [0.2, 0.25) is 0 Å². The lowest BCUT2D eigenvalue weighted by Gasteiger charge is -2.15. The van der Waals surface area contributed by atoms with E-state index < -0.39 is 0 Å². The second-order valence-electron chi connectivity index (χ2n) is 4.15. The van der Waals surface area contributed by atoms with E-state index >= 15 is 0 Å². The van der Waals surface area contributed by atoms with Crippen LogP contribution in [0.1, 0.15) is 18.0 Å². The summed E-state index contributed by atoms with van der Waals surface area (Å²) >= 11 is 0. The van der Waals surface area contributed by atoms with E-state index in [0.29, 0.717) is 19.8 Å². The number of ether oxygens (including phenoxy) is 4. The van der Waals surface area contributed by atoms with E-state index in [2.05, 4.69) is 0 Å². The molecule has 108 valence electrons. The van der Waals surface area contributed by atoms with Gasteiger partial charge in [-0.15, -0.1) is 0 Å². The molecule has 0 spiro atoms. The van der Waals surface area contributed by atoms with Gasteiger partial charge >= 0.3 is 0 Å². The molecule has 0 heterocycles. The zero-order chi connectivity index (χ0) is 14.1. The minimum atomic E-state index is -0.105. The van der Waals surface area contributed by atoms with Gasteiger partial charge in [-0.1, -0.05) is 0 Å². The van der Waals surface area contributed by atoms with Crippen molar-refractivity contribution in [1.29, 1.82) is 0 Å². The van der Waals surface area contributed by atoms with E-state index in [4.69, 9.17) is 24.7 Å². The Labute approximate surface area is 114 Å². The first-order valence-corrected chi connectivity index (χ1v) is 6.26. The van der Waals surface area contributed by atoms with E-state index in [1.807, 2.05) is 18.2 Å². The summed E-state index contributed by atoms with van der Waals surface area (Å²) in [6.07, 6.45) is 0.736. The average Bonchev–Trinajstić information content (AvgIpc) is 2.46. The molecule has 0 amide bonds. The lowest BCUT2D eigenvalue weighted by atomic mass is 10.0. The molecule has 1 unspecified atom stereocenters. The summed E-state index contributed by atoms with van der Waals surface area (Å²) < 4.78 is 20.8. The largest absolute Gasteiger partial charge is 0.497 e. The summed E-state index contributed by atoms with van der Waals surface area (Å²) in [4.78, 5) is 0. The fourth-order valence-electron chi connectivity index (χ4n) is 1.66. The van der Waals surface area contributed by atoms with Gasteiger partial charge in [0.05, 0.1) is 27.4 Å². The SMILES string of the molecule is COCCOCCC(N)c1cc(OC)cc(OC)c1. The first-order chi connectivity index (χ1) is 9.21. The third kappa shape index (κ3) is 5.46. The lowest BCUT2D eigenvalue weighted by Crippen LogP contribution is -2.14. The van der Waals surface area contributed by atoms with Gasteiger partial charge in [-0.05, 0) is 24.1 Å². The van der Waals surface area contributed by atoms with Gasteiger partial charge < -0.3 is 24.7 Å². The summed E-state index contributed by atoms with van der Waals surface area (Å²) in [6.45, 7) is 1.79. The highest BCUT2D eigenvalue weighted by atomic mass is 16.5. The van der Waals surface area contributed by atoms with Crippen LogP contribution in [0.4, 0.5) is 0 Å². The normalized spacial score (nSPS) is 12.2. The number of hydrogen-bond acceptors (Lipinski definition) is 5. The van der Waals surface area contributed by atoms with Crippen molar-refractivity contribution < 1.29 is 18.9 Å². The van der Waals surface area contributed by atoms with Crippen LogP contribution in [0, 0.1) is 0 Å². The molecular weight excluding hydrogens is 246 g/mol. The molecule has 1 aromatic carbocycles. The Kier molecular flexibility index (Phi) is 7.25. The van der Waals surface area contributed by atoms with Gasteiger partial charge in [0.1, 0.15) is 11.5 Å². The molecule has 19 heavy (non-hydrogen) atoms. The van der Waals surface area contributed by atoms with Crippen molar-refractivity contribution >= 4 is 0 Å². The smallest absolute Gasteiger partial charge is 0.122 e. The second kappa shape index (κ2) is 8.74. The van der Waals surface area contributed by atoms with Crippen LogP contribution in [-0.2, 0) is 9.47 Å². The highest BCUT2D eigenvalue weighted by Crippen LogP contribution is 2.26. The van der Waals surface area contributed by atoms with Crippen LogP contribution in [0.3, 0.4) is 0 Å². The zero-order valence-electron chi connectivity index (χ0n) is 11.8. The number of nitrogens with two attached hydrogens (primary N) is 1. The van der Waals surface area contributed by atoms with Crippen LogP contribution in [-0.4, -0.2) is 41.2 Å². The van der Waals surface area contributed by atoms with Crippen molar-refractivity contribution in [2.45, 2.75) is 12.5 Å². The summed E-state index contributed by atoms with van der Waals surface area (Å²) in [5, 5.41) is 0. The van der Waals surface area contributed by atoms with Crippen LogP contribution in [0.5, 0.6) is 11.5 Å². The molecule has 0 bridgehead atoms. The molecule has 0 aliphatic heterocycles. The average molecular weight is 269 g/mol. The minimum Gasteiger partial charge on any atom is -0.497 e. The molecule has 2 N–H and O–H groups in total. The standard InChI is InChI=1S/C14H23NO4/c1-16-6-7-19-5-4-14(15)11-8-12(17-2)10-13(9-11)18-3/h8-10,14H,4-7,15H2,1-3H3. The Morgan fingerprint density at radius 1 is 0.947 bits per heavy atom. The topological polar surface area (TPSA) is 62.9 Å². The highest BCUT2D eigenvalue weighted by Gasteiger charge is 2.09. The van der Waals surface area contributed by atoms with Crippen LogP contribution in [0.25, 0.3) is 0 Å². The van der Waals surface area contributed by atoms with Crippen molar-refractivity contribution in [2.24, 2.45) is 5.73 Å². The van der Waals surface area contributed by atoms with E-state index in [9.17, 15) is 0 Å². The minimum absolute atomic E-state index is 0.105. The zero-order valence-corrected chi connectivity index (χ0v) is 11.8. The Morgan fingerprint density at radius 3 is 2.11 bits per heavy atom. The maximum Gasteiger partial charge on any atom is 0.122 e. The Morgan fingerprint density at radius 2 is 1.58 bits per heavy atom. The Bertz CT molecular complexity index is 348. The monoisotopic (exact) mass is 269 g/mol. The lowest BCUT2D eigenvalue weighted by molar-refractivity contribution is 0.0672. The summed E-state index contributed by atoms with van der Waals surface area (Å²) in [6, 6.07) is 5.56. The van der Waals surface area contributed by atoms with Crippen molar-refractivity contribution in [3.63, 3.8) is 0 Å². The molecule has 0 saturated carbocycles. The number of benzene rings is 1. The van der Waals surface area contributed by atoms with Crippen LogP contribution >= 0.6 is 0 Å². The quantitative estimate of drug-likeness (QED) is 0.692. The number of rotatable bonds is 9. The fourth-order valence-corrected chi connectivity index (χ4v) is 1.66. The fraction of sp³-hybridized carbons (Fsp3) is 0.571. The first kappa shape index (κ1) is 15.8. The molecule has 0 aromatic heterocycles. The summed E-state index contributed by atoms with van der Waals surface area (Å²) in [5.41, 5.74) is 7.11. The second-order valence-corrected chi connectivity index (χ2v) is 4.15. The molecule has 5 heteroatoms. The van der Waals surface area contributed by atoms with Gasteiger partial charge in [0.25, 0.3) is 0 Å². The van der Waals surface area contributed by atoms with Crippen molar-refractivity contribution in [2.75, 3.05) is 41.2 Å². The summed E-state index contributed by atoms with van der Waals surface area (Å²) in [7, 11) is 4.90. The van der Waals surface area contributed by atoms with E-state index in [0.717, 1.165) is 23.5 Å². The van der Waals surface area contributed by atoms with Crippen LogP contribution in [0.15, 0.2) is 18.2 Å². The molecule has 1 atom stereocenters. The van der Waals surface area contributed by atoms with Gasteiger partial charge in [0, 0.05) is 25.8 Å². The molecule has 0 saturated heterocycles. The summed E-state index contributed by atoms with van der Waals surface area (Å²) in [5.74, 6) is 1.48. The van der Waals surface area contributed by atoms with E-state index in [1.54, 1.807) is 21.3 Å². The molecule has 0 aliphatic carbocycles. The Balaban J connectivity index is 2.53. The van der Waals surface area contributed by atoms with Gasteiger partial charge in [-0.3, -0.25) is 0 Å². The molecular formula is C14H23NO4. The highest BCUT2D eigenvalue weighted by molar-refractivity contribution is 5.39. The van der Waals surface area contributed by atoms with Crippen molar-refractivity contribution in [3.05, 3.63) is 23.8 Å². The van der Waals surface area contributed by atoms with Crippen molar-refractivity contribution in [3.8, 4) is 11.5 Å². The van der Waals surface area contributed by atoms with Gasteiger partial charge in [0.15, 0.2) is 0 Å². The molecule has 0 radical (unpaired) electrons. The molecule has 1 aromatic rings. The Hall–Kier alpha value is -1.30. The predicted molar refractivity (Wildman–Crippen MR) is 73.8 cm³/mol. The molecule has 0 aliphatic rings. The van der Waals surface area contributed by atoms with Gasteiger partial charge in [-0.25, -0.2) is 0 Å². The number of hydrogen-bond donors (Lipinski definition) is 1. The third-order valence-corrected chi connectivity index (χ3v) is 2.81. The third-order valence-electron chi connectivity index (χ3n) is 2.81. The molecule has 1 rings (SSSR count). The first-order valence-electron chi connectivity index (χ1n) is 6.26. The maximum absolute atomic E-state index is 6.13. The molecule has 5 nitrogen and oxygen atoms in total. The number of methoxy groups -OCH3 is 3. The molecule has 0 fully saturated rings. The van der Waals surface area contributed by atoms with E-state index in [-0.39, 0.29) is 6.04 Å².